The molecule has 0 aliphatic rings. The van der Waals surface area contributed by atoms with Crippen molar-refractivity contribution in [3.05, 3.63) is 60.2 Å². The van der Waals surface area contributed by atoms with Crippen LogP contribution in [0.4, 0.5) is 10.3 Å². The maximum absolute atomic E-state index is 13.0. The molecular formula is C15H18FN3. The molecule has 0 radical (unpaired) electrons. The Morgan fingerprint density at radius 1 is 1.47 bits per heavy atom. The van der Waals surface area contributed by atoms with Crippen molar-refractivity contribution in [2.24, 2.45) is 0 Å². The van der Waals surface area contributed by atoms with Crippen LogP contribution in [0.5, 0.6) is 0 Å². The van der Waals surface area contributed by atoms with Gasteiger partial charge in [-0.25, -0.2) is 9.37 Å². The zero-order valence-corrected chi connectivity index (χ0v) is 11.1. The normalized spacial score (nSPS) is 10.4. The van der Waals surface area contributed by atoms with E-state index in [4.69, 9.17) is 0 Å². The number of nitrogens with zero attached hydrogens (tertiary/aromatic N) is 2. The van der Waals surface area contributed by atoms with Crippen molar-refractivity contribution in [3.8, 4) is 0 Å². The van der Waals surface area contributed by atoms with E-state index >= 15 is 0 Å². The van der Waals surface area contributed by atoms with Crippen molar-refractivity contribution in [2.75, 3.05) is 11.9 Å². The van der Waals surface area contributed by atoms with Gasteiger partial charge in [0.05, 0.1) is 5.69 Å². The summed E-state index contributed by atoms with van der Waals surface area (Å²) >= 11 is 0. The van der Waals surface area contributed by atoms with Gasteiger partial charge in [0.15, 0.2) is 0 Å². The highest BCUT2D eigenvalue weighted by Crippen LogP contribution is 2.09. The summed E-state index contributed by atoms with van der Waals surface area (Å²) in [6, 6.07) is 6.67. The third-order valence-corrected chi connectivity index (χ3v) is 2.81. The van der Waals surface area contributed by atoms with E-state index in [0.29, 0.717) is 0 Å². The predicted octanol–water partition coefficient (Wildman–Crippen LogP) is 3.17. The molecule has 1 aromatic carbocycles. The van der Waals surface area contributed by atoms with E-state index in [0.717, 1.165) is 36.7 Å². The van der Waals surface area contributed by atoms with Gasteiger partial charge in [0.1, 0.15) is 5.82 Å². The topological polar surface area (TPSA) is 29.9 Å². The molecule has 1 N–H and O–H groups in total. The van der Waals surface area contributed by atoms with Crippen LogP contribution in [0, 0.1) is 12.7 Å². The summed E-state index contributed by atoms with van der Waals surface area (Å²) < 4.78 is 15.0. The number of rotatable bonds is 6. The lowest BCUT2D eigenvalue weighted by Crippen LogP contribution is -2.10. The Balaban J connectivity index is 1.93. The van der Waals surface area contributed by atoms with Gasteiger partial charge in [-0.3, -0.25) is 0 Å². The van der Waals surface area contributed by atoms with Gasteiger partial charge in [-0.05, 0) is 31.0 Å². The predicted molar refractivity (Wildman–Crippen MR) is 75.8 cm³/mol. The number of anilines is 1. The van der Waals surface area contributed by atoms with Crippen molar-refractivity contribution in [1.82, 2.24) is 9.55 Å². The Kier molecular flexibility index (Phi) is 4.34. The summed E-state index contributed by atoms with van der Waals surface area (Å²) in [6.07, 6.45) is 4.57. The molecule has 0 saturated heterocycles. The number of allylic oxidation sites excluding steroid dienone is 1. The second-order valence-corrected chi connectivity index (χ2v) is 4.45. The van der Waals surface area contributed by atoms with Gasteiger partial charge in [-0.2, -0.15) is 0 Å². The molecule has 0 aliphatic carbocycles. The Morgan fingerprint density at radius 3 is 3.05 bits per heavy atom. The first-order valence-electron chi connectivity index (χ1n) is 6.32. The molecule has 19 heavy (non-hydrogen) atoms. The molecule has 2 aromatic rings. The molecule has 100 valence electrons. The van der Waals surface area contributed by atoms with Crippen molar-refractivity contribution in [3.63, 3.8) is 0 Å². The molecule has 0 amide bonds. The number of aromatic nitrogens is 2. The molecule has 3 nitrogen and oxygen atoms in total. The van der Waals surface area contributed by atoms with Crippen molar-refractivity contribution < 1.29 is 4.39 Å². The largest absolute Gasteiger partial charge is 0.355 e. The third-order valence-electron chi connectivity index (χ3n) is 2.81. The van der Waals surface area contributed by atoms with Crippen LogP contribution in [-0.2, 0) is 13.0 Å². The smallest absolute Gasteiger partial charge is 0.203 e. The second kappa shape index (κ2) is 6.18. The average molecular weight is 259 g/mol. The monoisotopic (exact) mass is 259 g/mol. The van der Waals surface area contributed by atoms with Gasteiger partial charge in [0.25, 0.3) is 0 Å². The van der Waals surface area contributed by atoms with E-state index in [9.17, 15) is 4.39 Å². The van der Waals surface area contributed by atoms with Crippen LogP contribution in [0.3, 0.4) is 0 Å². The lowest BCUT2D eigenvalue weighted by Gasteiger charge is -2.08. The van der Waals surface area contributed by atoms with Crippen LogP contribution in [0.25, 0.3) is 0 Å². The summed E-state index contributed by atoms with van der Waals surface area (Å²) in [6.45, 7) is 7.13. The number of hydrogen-bond donors (Lipinski definition) is 1. The molecule has 2 rings (SSSR count). The van der Waals surface area contributed by atoms with E-state index in [1.54, 1.807) is 12.1 Å². The highest BCUT2D eigenvalue weighted by Gasteiger charge is 2.03. The number of hydrogen-bond acceptors (Lipinski definition) is 2. The standard InChI is InChI=1S/C15H18FN3/c1-3-9-19-11-12(2)18-15(19)17-8-7-13-5-4-6-14(16)10-13/h3-6,10-11H,1,7-9H2,2H3,(H,17,18). The number of aryl methyl sites for hydroxylation is 1. The highest BCUT2D eigenvalue weighted by atomic mass is 19.1. The van der Waals surface area contributed by atoms with Gasteiger partial charge in [-0.1, -0.05) is 18.2 Å². The van der Waals surface area contributed by atoms with Gasteiger partial charge in [-0.15, -0.1) is 6.58 Å². The first-order chi connectivity index (χ1) is 9.19. The number of benzene rings is 1. The van der Waals surface area contributed by atoms with Crippen molar-refractivity contribution >= 4 is 5.95 Å². The minimum absolute atomic E-state index is 0.193. The van der Waals surface area contributed by atoms with Crippen LogP contribution in [-0.4, -0.2) is 16.1 Å². The summed E-state index contributed by atoms with van der Waals surface area (Å²) in [4.78, 5) is 4.41. The fourth-order valence-electron chi connectivity index (χ4n) is 1.98. The number of nitrogens with one attached hydrogen (secondary N) is 1. The van der Waals surface area contributed by atoms with E-state index < -0.39 is 0 Å². The maximum atomic E-state index is 13.0. The molecule has 0 bridgehead atoms. The van der Waals surface area contributed by atoms with Crippen molar-refractivity contribution in [2.45, 2.75) is 19.9 Å². The quantitative estimate of drug-likeness (QED) is 0.807. The van der Waals surface area contributed by atoms with Crippen LogP contribution in [0.1, 0.15) is 11.3 Å². The molecule has 0 fully saturated rings. The molecule has 0 atom stereocenters. The summed E-state index contributed by atoms with van der Waals surface area (Å²) in [5, 5.41) is 3.27. The molecule has 0 aliphatic heterocycles. The Hall–Kier alpha value is -2.10. The fourth-order valence-corrected chi connectivity index (χ4v) is 1.98. The Bertz CT molecular complexity index is 560. The van der Waals surface area contributed by atoms with Crippen LogP contribution in [0.15, 0.2) is 43.1 Å². The van der Waals surface area contributed by atoms with Crippen LogP contribution in [0.2, 0.25) is 0 Å². The summed E-state index contributed by atoms with van der Waals surface area (Å²) in [5.74, 6) is 0.635. The van der Waals surface area contributed by atoms with Gasteiger partial charge < -0.3 is 9.88 Å². The van der Waals surface area contributed by atoms with E-state index in [-0.39, 0.29) is 5.82 Å². The Morgan fingerprint density at radius 2 is 2.32 bits per heavy atom. The van der Waals surface area contributed by atoms with Crippen molar-refractivity contribution in [1.29, 1.82) is 0 Å². The van der Waals surface area contributed by atoms with Crippen LogP contribution >= 0.6 is 0 Å². The highest BCUT2D eigenvalue weighted by molar-refractivity contribution is 5.30. The average Bonchev–Trinajstić information content (AvgIpc) is 2.70. The van der Waals surface area contributed by atoms with Gasteiger partial charge in [0.2, 0.25) is 5.95 Å². The first-order valence-corrected chi connectivity index (χ1v) is 6.32. The molecule has 0 saturated carbocycles. The fraction of sp³-hybridized carbons (Fsp3) is 0.267. The molecule has 1 heterocycles. The molecule has 4 heteroatoms. The van der Waals surface area contributed by atoms with E-state index in [2.05, 4.69) is 16.9 Å². The summed E-state index contributed by atoms with van der Waals surface area (Å²) in [7, 11) is 0. The lowest BCUT2D eigenvalue weighted by molar-refractivity contribution is 0.625. The zero-order valence-electron chi connectivity index (χ0n) is 11.1. The van der Waals surface area contributed by atoms with E-state index in [1.807, 2.05) is 29.8 Å². The van der Waals surface area contributed by atoms with Gasteiger partial charge in [0, 0.05) is 19.3 Å². The number of halogens is 1. The lowest BCUT2D eigenvalue weighted by atomic mass is 10.1. The second-order valence-electron chi connectivity index (χ2n) is 4.45. The summed E-state index contributed by atoms with van der Waals surface area (Å²) in [5.41, 5.74) is 1.95. The zero-order chi connectivity index (χ0) is 13.7. The first kappa shape index (κ1) is 13.3. The molecule has 0 unspecified atom stereocenters. The maximum Gasteiger partial charge on any atom is 0.203 e. The molecule has 1 aromatic heterocycles. The minimum Gasteiger partial charge on any atom is -0.355 e. The van der Waals surface area contributed by atoms with Gasteiger partial charge >= 0.3 is 0 Å². The Labute approximate surface area is 112 Å². The third kappa shape index (κ3) is 3.68. The minimum atomic E-state index is -0.193. The molecular weight excluding hydrogens is 241 g/mol. The number of imidazole rings is 1. The SMILES string of the molecule is C=CCn1cc(C)nc1NCCc1cccc(F)c1. The molecule has 0 spiro atoms. The van der Waals surface area contributed by atoms with Crippen LogP contribution < -0.4 is 5.32 Å². The van der Waals surface area contributed by atoms with E-state index in [1.165, 1.54) is 6.07 Å².